The van der Waals surface area contributed by atoms with Gasteiger partial charge in [-0.3, -0.25) is 4.79 Å². The highest BCUT2D eigenvalue weighted by atomic mass is 32.2. The van der Waals surface area contributed by atoms with Crippen molar-refractivity contribution in [2.24, 2.45) is 5.92 Å². The minimum absolute atomic E-state index is 0.00437. The van der Waals surface area contributed by atoms with Crippen LogP contribution in [-0.2, 0) is 21.4 Å². The number of piperidine rings is 1. The fourth-order valence-electron chi connectivity index (χ4n) is 3.73. The molecular formula is C22H28N2O3S. The molecule has 1 fully saturated rings. The molecule has 1 aliphatic heterocycles. The molecule has 6 heteroatoms. The number of amides is 1. The molecule has 1 amide bonds. The van der Waals surface area contributed by atoms with Crippen LogP contribution < -0.4 is 0 Å². The average Bonchev–Trinajstić information content (AvgIpc) is 2.70. The largest absolute Gasteiger partial charge is 0.341 e. The van der Waals surface area contributed by atoms with Gasteiger partial charge in [0.1, 0.15) is 0 Å². The number of nitrogens with zero attached hydrogens (tertiary/aromatic N) is 2. The molecule has 3 rings (SSSR count). The number of carbonyl (C=O) groups excluding carboxylic acids is 1. The Balaban J connectivity index is 1.74. The van der Waals surface area contributed by atoms with Gasteiger partial charge >= 0.3 is 0 Å². The predicted molar refractivity (Wildman–Crippen MR) is 110 cm³/mol. The van der Waals surface area contributed by atoms with E-state index in [0.29, 0.717) is 24.4 Å². The summed E-state index contributed by atoms with van der Waals surface area (Å²) in [6.07, 6.45) is 1.41. The number of sulfonamides is 1. The first-order valence-corrected chi connectivity index (χ1v) is 11.1. The molecule has 0 spiro atoms. The number of aryl methyl sites for hydroxylation is 2. The predicted octanol–water partition coefficient (Wildman–Crippen LogP) is 3.36. The molecule has 1 atom stereocenters. The third-order valence-electron chi connectivity index (χ3n) is 5.33. The summed E-state index contributed by atoms with van der Waals surface area (Å²) in [5.41, 5.74) is 2.71. The summed E-state index contributed by atoms with van der Waals surface area (Å²) in [7, 11) is -1.82. The zero-order valence-corrected chi connectivity index (χ0v) is 17.6. The summed E-state index contributed by atoms with van der Waals surface area (Å²) in [5.74, 6) is -0.299. The highest BCUT2D eigenvalue weighted by molar-refractivity contribution is 7.89. The van der Waals surface area contributed by atoms with Crippen molar-refractivity contribution in [2.45, 2.75) is 38.1 Å². The molecule has 1 heterocycles. The Hall–Kier alpha value is -2.18. The third kappa shape index (κ3) is 4.45. The quantitative estimate of drug-likeness (QED) is 0.773. The summed E-state index contributed by atoms with van der Waals surface area (Å²) in [4.78, 5) is 15.0. The monoisotopic (exact) mass is 400 g/mol. The maximum absolute atomic E-state index is 13.2. The average molecular weight is 401 g/mol. The van der Waals surface area contributed by atoms with Gasteiger partial charge in [0.15, 0.2) is 0 Å². The van der Waals surface area contributed by atoms with Crippen molar-refractivity contribution < 1.29 is 13.2 Å². The second kappa shape index (κ2) is 8.45. The van der Waals surface area contributed by atoms with Crippen molar-refractivity contribution in [3.63, 3.8) is 0 Å². The van der Waals surface area contributed by atoms with E-state index in [1.54, 1.807) is 18.0 Å². The Morgan fingerprint density at radius 3 is 2.57 bits per heavy atom. The SMILES string of the molecule is Cc1ccc(C)c(S(=O)(=O)N2CCC[C@H](C(=O)N(C)Cc3ccccc3)C2)c1. The van der Waals surface area contributed by atoms with Gasteiger partial charge in [-0.15, -0.1) is 0 Å². The smallest absolute Gasteiger partial charge is 0.243 e. The van der Waals surface area contributed by atoms with E-state index in [0.717, 1.165) is 23.1 Å². The van der Waals surface area contributed by atoms with Crippen LogP contribution in [0.25, 0.3) is 0 Å². The van der Waals surface area contributed by atoms with Gasteiger partial charge in [-0.2, -0.15) is 4.31 Å². The lowest BCUT2D eigenvalue weighted by Crippen LogP contribution is -2.45. The van der Waals surface area contributed by atoms with Crippen LogP contribution in [0.1, 0.15) is 29.5 Å². The van der Waals surface area contributed by atoms with Crippen molar-refractivity contribution in [1.82, 2.24) is 9.21 Å². The molecule has 150 valence electrons. The van der Waals surface area contributed by atoms with Crippen LogP contribution in [0.2, 0.25) is 0 Å². The van der Waals surface area contributed by atoms with Crippen LogP contribution in [0.5, 0.6) is 0 Å². The molecule has 2 aromatic rings. The molecule has 0 N–H and O–H groups in total. The molecule has 0 saturated carbocycles. The Bertz CT molecular complexity index is 942. The second-order valence-corrected chi connectivity index (χ2v) is 9.56. The van der Waals surface area contributed by atoms with Crippen LogP contribution in [0.4, 0.5) is 0 Å². The summed E-state index contributed by atoms with van der Waals surface area (Å²) in [5, 5.41) is 0. The van der Waals surface area contributed by atoms with E-state index in [9.17, 15) is 13.2 Å². The van der Waals surface area contributed by atoms with Crippen LogP contribution in [0.3, 0.4) is 0 Å². The first kappa shape index (κ1) is 20.6. The summed E-state index contributed by atoms with van der Waals surface area (Å²) >= 11 is 0. The van der Waals surface area contributed by atoms with Gasteiger partial charge in [-0.25, -0.2) is 8.42 Å². The Morgan fingerprint density at radius 2 is 1.86 bits per heavy atom. The fourth-order valence-corrected chi connectivity index (χ4v) is 5.57. The van der Waals surface area contributed by atoms with Crippen LogP contribution in [0, 0.1) is 19.8 Å². The highest BCUT2D eigenvalue weighted by Crippen LogP contribution is 2.27. The van der Waals surface area contributed by atoms with E-state index in [-0.39, 0.29) is 18.4 Å². The van der Waals surface area contributed by atoms with E-state index in [4.69, 9.17) is 0 Å². The first-order chi connectivity index (χ1) is 13.3. The van der Waals surface area contributed by atoms with E-state index >= 15 is 0 Å². The summed E-state index contributed by atoms with van der Waals surface area (Å²) in [6, 6.07) is 15.3. The molecular weight excluding hydrogens is 372 g/mol. The lowest BCUT2D eigenvalue weighted by atomic mass is 9.98. The topological polar surface area (TPSA) is 57.7 Å². The molecule has 0 aliphatic carbocycles. The molecule has 0 bridgehead atoms. The van der Waals surface area contributed by atoms with E-state index < -0.39 is 10.0 Å². The molecule has 0 unspecified atom stereocenters. The molecule has 1 aliphatic rings. The zero-order chi connectivity index (χ0) is 20.3. The van der Waals surface area contributed by atoms with Crippen LogP contribution in [0.15, 0.2) is 53.4 Å². The summed E-state index contributed by atoms with van der Waals surface area (Å²) in [6.45, 7) is 4.93. The number of hydrogen-bond donors (Lipinski definition) is 0. The van der Waals surface area contributed by atoms with Crippen molar-refractivity contribution in [2.75, 3.05) is 20.1 Å². The van der Waals surface area contributed by atoms with Crippen molar-refractivity contribution in [3.05, 3.63) is 65.2 Å². The van der Waals surface area contributed by atoms with E-state index in [1.807, 2.05) is 56.3 Å². The van der Waals surface area contributed by atoms with Gasteiger partial charge in [0, 0.05) is 26.7 Å². The Labute approximate surface area is 168 Å². The van der Waals surface area contributed by atoms with Gasteiger partial charge in [0.05, 0.1) is 10.8 Å². The number of hydrogen-bond acceptors (Lipinski definition) is 3. The molecule has 0 radical (unpaired) electrons. The minimum Gasteiger partial charge on any atom is -0.341 e. The maximum Gasteiger partial charge on any atom is 0.243 e. The minimum atomic E-state index is -3.60. The molecule has 0 aromatic heterocycles. The second-order valence-electron chi connectivity index (χ2n) is 7.65. The molecule has 1 saturated heterocycles. The lowest BCUT2D eigenvalue weighted by molar-refractivity contribution is -0.135. The van der Waals surface area contributed by atoms with Gasteiger partial charge in [0.25, 0.3) is 0 Å². The van der Waals surface area contributed by atoms with Crippen molar-refractivity contribution >= 4 is 15.9 Å². The summed E-state index contributed by atoms with van der Waals surface area (Å²) < 4.78 is 27.9. The molecule has 5 nitrogen and oxygen atoms in total. The Kier molecular flexibility index (Phi) is 6.20. The highest BCUT2D eigenvalue weighted by Gasteiger charge is 2.35. The molecule has 2 aromatic carbocycles. The van der Waals surface area contributed by atoms with E-state index in [1.165, 1.54) is 4.31 Å². The number of rotatable bonds is 5. The van der Waals surface area contributed by atoms with E-state index in [2.05, 4.69) is 0 Å². The zero-order valence-electron chi connectivity index (χ0n) is 16.8. The lowest BCUT2D eigenvalue weighted by Gasteiger charge is -2.33. The van der Waals surface area contributed by atoms with Crippen molar-refractivity contribution in [1.29, 1.82) is 0 Å². The Morgan fingerprint density at radius 1 is 1.14 bits per heavy atom. The maximum atomic E-state index is 13.2. The molecule has 28 heavy (non-hydrogen) atoms. The van der Waals surface area contributed by atoms with Gasteiger partial charge < -0.3 is 4.90 Å². The number of benzene rings is 2. The van der Waals surface area contributed by atoms with Crippen molar-refractivity contribution in [3.8, 4) is 0 Å². The standard InChI is InChI=1S/C22H28N2O3S/c1-17-11-12-18(2)21(14-17)28(26,27)24-13-7-10-20(16-24)22(25)23(3)15-19-8-5-4-6-9-19/h4-6,8-9,11-12,14,20H,7,10,13,15-16H2,1-3H3/t20-/m0/s1. The van der Waals surface area contributed by atoms with Crippen LogP contribution in [-0.4, -0.2) is 43.7 Å². The first-order valence-electron chi connectivity index (χ1n) is 9.65. The number of carbonyl (C=O) groups is 1. The van der Waals surface area contributed by atoms with Gasteiger partial charge in [-0.05, 0) is 49.4 Å². The normalized spacial score (nSPS) is 18.0. The fraction of sp³-hybridized carbons (Fsp3) is 0.409. The van der Waals surface area contributed by atoms with Gasteiger partial charge in [-0.1, -0.05) is 42.5 Å². The van der Waals surface area contributed by atoms with Gasteiger partial charge in [0.2, 0.25) is 15.9 Å². The van der Waals surface area contributed by atoms with Crippen LogP contribution >= 0.6 is 0 Å². The third-order valence-corrected chi connectivity index (χ3v) is 7.34.